The number of hydrogen-bond donors (Lipinski definition) is 2. The average Bonchev–Trinajstić information content (AvgIpc) is 2.65. The van der Waals surface area contributed by atoms with E-state index in [1.807, 2.05) is 38.4 Å². The molecule has 0 heterocycles. The Hall–Kier alpha value is -2.77. The minimum Gasteiger partial charge on any atom is -0.493 e. The summed E-state index contributed by atoms with van der Waals surface area (Å²) in [7, 11) is 5.47. The molecule has 0 radical (unpaired) electrons. The fraction of sp³-hybridized carbons (Fsp3) is 0.300. The van der Waals surface area contributed by atoms with Crippen LogP contribution in [0.1, 0.15) is 15.9 Å². The highest BCUT2D eigenvalue weighted by Crippen LogP contribution is 2.36. The van der Waals surface area contributed by atoms with Gasteiger partial charge in [-0.15, -0.1) is 0 Å². The number of halogens is 1. The zero-order chi connectivity index (χ0) is 20.7. The molecule has 0 saturated heterocycles. The van der Waals surface area contributed by atoms with E-state index in [1.54, 1.807) is 0 Å². The molecule has 28 heavy (non-hydrogen) atoms. The first-order valence-corrected chi connectivity index (χ1v) is 9.01. The summed E-state index contributed by atoms with van der Waals surface area (Å²) in [4.78, 5) is 25.6. The first kappa shape index (κ1) is 21.5. The number of anilines is 1. The summed E-state index contributed by atoms with van der Waals surface area (Å²) in [5.41, 5.74) is 7.23. The lowest BCUT2D eigenvalue weighted by Crippen LogP contribution is -2.20. The van der Waals surface area contributed by atoms with E-state index in [4.69, 9.17) is 26.8 Å². The van der Waals surface area contributed by atoms with Gasteiger partial charge in [-0.25, -0.2) is 0 Å². The van der Waals surface area contributed by atoms with Gasteiger partial charge in [-0.2, -0.15) is 0 Å². The number of methoxy groups -OCH3 is 1. The van der Waals surface area contributed by atoms with Crippen LogP contribution >= 0.6 is 11.6 Å². The second-order valence-electron chi connectivity index (χ2n) is 6.45. The first-order chi connectivity index (χ1) is 13.3. The van der Waals surface area contributed by atoms with Crippen LogP contribution in [0, 0.1) is 0 Å². The van der Waals surface area contributed by atoms with Crippen LogP contribution in [-0.4, -0.2) is 51.1 Å². The van der Waals surface area contributed by atoms with E-state index in [1.165, 1.54) is 24.8 Å². The van der Waals surface area contributed by atoms with Crippen LogP contribution in [0.2, 0.25) is 5.02 Å². The predicted octanol–water partition coefficient (Wildman–Crippen LogP) is 2.57. The van der Waals surface area contributed by atoms with Crippen molar-refractivity contribution in [2.45, 2.75) is 6.42 Å². The maximum Gasteiger partial charge on any atom is 0.255 e. The zero-order valence-electron chi connectivity index (χ0n) is 16.1. The Labute approximate surface area is 169 Å². The number of nitrogens with two attached hydrogens (primary N) is 1. The van der Waals surface area contributed by atoms with Crippen LogP contribution in [0.5, 0.6) is 11.5 Å². The van der Waals surface area contributed by atoms with Gasteiger partial charge in [0.1, 0.15) is 0 Å². The van der Waals surface area contributed by atoms with E-state index in [-0.39, 0.29) is 29.0 Å². The average molecular weight is 406 g/mol. The third-order valence-corrected chi connectivity index (χ3v) is 4.19. The lowest BCUT2D eigenvalue weighted by Gasteiger charge is -2.14. The van der Waals surface area contributed by atoms with Gasteiger partial charge in [0.25, 0.3) is 11.8 Å². The van der Waals surface area contributed by atoms with Gasteiger partial charge in [0.05, 0.1) is 12.1 Å². The number of carbonyl (C=O) groups is 2. The van der Waals surface area contributed by atoms with Crippen molar-refractivity contribution in [3.63, 3.8) is 0 Å². The molecule has 0 saturated carbocycles. The number of rotatable bonds is 9. The monoisotopic (exact) mass is 405 g/mol. The minimum atomic E-state index is -0.644. The Bertz CT molecular complexity index is 838. The van der Waals surface area contributed by atoms with Gasteiger partial charge >= 0.3 is 0 Å². The molecule has 2 rings (SSSR count). The molecule has 0 aliphatic heterocycles. The Morgan fingerprint density at radius 2 is 1.86 bits per heavy atom. The summed E-state index contributed by atoms with van der Waals surface area (Å²) in [5, 5.41) is 2.96. The lowest BCUT2D eigenvalue weighted by molar-refractivity contribution is -0.119. The number of nitrogens with one attached hydrogen (secondary N) is 1. The fourth-order valence-corrected chi connectivity index (χ4v) is 2.71. The Morgan fingerprint density at radius 3 is 2.43 bits per heavy atom. The number of hydrogen-bond acceptors (Lipinski definition) is 5. The van der Waals surface area contributed by atoms with Gasteiger partial charge in [0, 0.05) is 17.8 Å². The maximum absolute atomic E-state index is 12.6. The standard InChI is InChI=1S/C20H24ClN3O4/c1-24(2)9-8-13-4-6-15(7-5-13)23-20(26)14-10-16(21)19(17(11-14)27-3)28-12-18(22)25/h4-7,10-11H,8-9,12H2,1-3H3,(H2,22,25)(H,23,26). The van der Waals surface area contributed by atoms with Gasteiger partial charge in [-0.1, -0.05) is 23.7 Å². The molecule has 0 aliphatic carbocycles. The number of carbonyl (C=O) groups excluding carboxylic acids is 2. The summed E-state index contributed by atoms with van der Waals surface area (Å²) in [6.07, 6.45) is 0.931. The van der Waals surface area contributed by atoms with Gasteiger partial charge in [0.2, 0.25) is 0 Å². The predicted molar refractivity (Wildman–Crippen MR) is 109 cm³/mol. The fourth-order valence-electron chi connectivity index (χ4n) is 2.45. The first-order valence-electron chi connectivity index (χ1n) is 8.63. The molecule has 0 spiro atoms. The highest BCUT2D eigenvalue weighted by atomic mass is 35.5. The van der Waals surface area contributed by atoms with Crippen LogP contribution in [0.25, 0.3) is 0 Å². The number of amides is 2. The molecule has 0 fully saturated rings. The van der Waals surface area contributed by atoms with E-state index in [9.17, 15) is 9.59 Å². The summed E-state index contributed by atoms with van der Waals surface area (Å²) < 4.78 is 10.5. The van der Waals surface area contributed by atoms with Crippen LogP contribution < -0.4 is 20.5 Å². The maximum atomic E-state index is 12.6. The van der Waals surface area contributed by atoms with Crippen molar-refractivity contribution in [2.75, 3.05) is 39.7 Å². The Morgan fingerprint density at radius 1 is 1.18 bits per heavy atom. The zero-order valence-corrected chi connectivity index (χ0v) is 16.9. The quantitative estimate of drug-likeness (QED) is 0.668. The van der Waals surface area contributed by atoms with Crippen molar-refractivity contribution >= 4 is 29.1 Å². The Balaban J connectivity index is 2.11. The van der Waals surface area contributed by atoms with Crippen LogP contribution in [-0.2, 0) is 11.2 Å². The molecule has 7 nitrogen and oxygen atoms in total. The van der Waals surface area contributed by atoms with Gasteiger partial charge in [0.15, 0.2) is 18.1 Å². The van der Waals surface area contributed by atoms with E-state index in [0.717, 1.165) is 13.0 Å². The highest BCUT2D eigenvalue weighted by Gasteiger charge is 2.17. The van der Waals surface area contributed by atoms with Crippen LogP contribution in [0.15, 0.2) is 36.4 Å². The van der Waals surface area contributed by atoms with Crippen LogP contribution in [0.3, 0.4) is 0 Å². The molecule has 2 aromatic rings. The third-order valence-electron chi connectivity index (χ3n) is 3.91. The van der Waals surface area contributed by atoms with E-state index >= 15 is 0 Å². The number of benzene rings is 2. The molecular formula is C20H24ClN3O4. The second kappa shape index (κ2) is 9.96. The third kappa shape index (κ3) is 6.14. The van der Waals surface area contributed by atoms with Gasteiger partial charge in [-0.3, -0.25) is 9.59 Å². The smallest absolute Gasteiger partial charge is 0.255 e. The molecule has 8 heteroatoms. The van der Waals surface area contributed by atoms with Crippen molar-refractivity contribution in [1.82, 2.24) is 4.90 Å². The number of likely N-dealkylation sites (N-methyl/N-ethyl adjacent to an activating group) is 1. The summed E-state index contributed by atoms with van der Waals surface area (Å²) in [6.45, 7) is 0.607. The minimum absolute atomic E-state index is 0.143. The molecule has 0 aliphatic rings. The molecule has 0 aromatic heterocycles. The molecule has 3 N–H and O–H groups in total. The number of nitrogens with zero attached hydrogens (tertiary/aromatic N) is 1. The van der Waals surface area contributed by atoms with Gasteiger partial charge < -0.3 is 25.4 Å². The highest BCUT2D eigenvalue weighted by molar-refractivity contribution is 6.32. The van der Waals surface area contributed by atoms with E-state index in [0.29, 0.717) is 11.3 Å². The second-order valence-corrected chi connectivity index (χ2v) is 6.86. The molecule has 0 unspecified atom stereocenters. The summed E-state index contributed by atoms with van der Waals surface area (Å²) in [6, 6.07) is 10.6. The van der Waals surface area contributed by atoms with Crippen molar-refractivity contribution in [1.29, 1.82) is 0 Å². The van der Waals surface area contributed by atoms with Crippen molar-refractivity contribution in [3.8, 4) is 11.5 Å². The molecule has 0 bridgehead atoms. The Kier molecular flexibility index (Phi) is 7.66. The van der Waals surface area contributed by atoms with E-state index < -0.39 is 5.91 Å². The largest absolute Gasteiger partial charge is 0.493 e. The van der Waals surface area contributed by atoms with Gasteiger partial charge in [-0.05, 0) is 50.3 Å². The SMILES string of the molecule is COc1cc(C(=O)Nc2ccc(CCN(C)C)cc2)cc(Cl)c1OCC(N)=O. The lowest BCUT2D eigenvalue weighted by atomic mass is 10.1. The van der Waals surface area contributed by atoms with Crippen molar-refractivity contribution in [2.24, 2.45) is 5.73 Å². The molecule has 2 amide bonds. The molecule has 0 atom stereocenters. The number of ether oxygens (including phenoxy) is 2. The summed E-state index contributed by atoms with van der Waals surface area (Å²) >= 11 is 6.18. The van der Waals surface area contributed by atoms with Crippen LogP contribution in [0.4, 0.5) is 5.69 Å². The van der Waals surface area contributed by atoms with Crippen molar-refractivity contribution in [3.05, 3.63) is 52.5 Å². The summed E-state index contributed by atoms with van der Waals surface area (Å²) in [5.74, 6) is -0.598. The van der Waals surface area contributed by atoms with E-state index in [2.05, 4.69) is 10.2 Å². The number of primary amides is 1. The molecule has 2 aromatic carbocycles. The normalized spacial score (nSPS) is 10.6. The topological polar surface area (TPSA) is 93.9 Å². The molecular weight excluding hydrogens is 382 g/mol. The molecule has 150 valence electrons. The van der Waals surface area contributed by atoms with Crippen molar-refractivity contribution < 1.29 is 19.1 Å².